The first-order valence-electron chi connectivity index (χ1n) is 5.48. The smallest absolute Gasteiger partial charge is 0.407 e. The maximum atomic E-state index is 11.3. The van der Waals surface area contributed by atoms with Crippen LogP contribution in [0.15, 0.2) is 0 Å². The number of alkyl halides is 1. The van der Waals surface area contributed by atoms with E-state index in [1.54, 1.807) is 0 Å². The van der Waals surface area contributed by atoms with Gasteiger partial charge in [-0.1, -0.05) is 0 Å². The van der Waals surface area contributed by atoms with Crippen LogP contribution in [-0.2, 0) is 9.47 Å². The minimum atomic E-state index is -0.469. The Balaban J connectivity index is 3.62. The van der Waals surface area contributed by atoms with Crippen molar-refractivity contribution in [3.8, 4) is 0 Å². The van der Waals surface area contributed by atoms with Crippen LogP contribution in [0, 0.1) is 0 Å². The first kappa shape index (κ1) is 15.5. The number of hydrogen-bond acceptors (Lipinski definition) is 3. The predicted octanol–water partition coefficient (Wildman–Crippen LogP) is 2.55. The van der Waals surface area contributed by atoms with Gasteiger partial charge >= 0.3 is 6.09 Å². The second-order valence-corrected chi connectivity index (χ2v) is 5.04. The fourth-order valence-electron chi connectivity index (χ4n) is 0.967. The van der Waals surface area contributed by atoms with Crippen LogP contribution in [0.2, 0.25) is 0 Å². The second kappa shape index (κ2) is 7.74. The lowest BCUT2D eigenvalue weighted by Gasteiger charge is -2.21. The predicted molar refractivity (Wildman–Crippen MR) is 65.0 cm³/mol. The van der Waals surface area contributed by atoms with Crippen molar-refractivity contribution in [2.24, 2.45) is 0 Å². The molecule has 0 spiro atoms. The summed E-state index contributed by atoms with van der Waals surface area (Å²) >= 11 is 5.50. The first-order valence-corrected chi connectivity index (χ1v) is 6.02. The van der Waals surface area contributed by atoms with Crippen molar-refractivity contribution in [1.29, 1.82) is 0 Å². The molecule has 0 aromatic carbocycles. The molecule has 0 rings (SSSR count). The first-order chi connectivity index (χ1) is 7.35. The summed E-state index contributed by atoms with van der Waals surface area (Å²) in [4.78, 5) is 11.3. The fraction of sp³-hybridized carbons (Fsp3) is 0.909. The molecule has 5 heteroatoms. The summed E-state index contributed by atoms with van der Waals surface area (Å²) in [5, 5.41) is 2.69. The number of rotatable bonds is 6. The summed E-state index contributed by atoms with van der Waals surface area (Å²) in [6.07, 6.45) is 0.404. The van der Waals surface area contributed by atoms with Crippen LogP contribution in [0.4, 0.5) is 4.79 Å². The van der Waals surface area contributed by atoms with E-state index in [0.717, 1.165) is 6.42 Å². The van der Waals surface area contributed by atoms with Gasteiger partial charge in [0, 0.05) is 12.5 Å². The number of hydrogen-bond donors (Lipinski definition) is 1. The molecular weight excluding hydrogens is 230 g/mol. The molecule has 4 nitrogen and oxygen atoms in total. The molecular formula is C11H22ClNO3. The van der Waals surface area contributed by atoms with Crippen LogP contribution in [0.1, 0.15) is 34.1 Å². The molecule has 0 saturated carbocycles. The van der Waals surface area contributed by atoms with E-state index < -0.39 is 11.7 Å². The van der Waals surface area contributed by atoms with Gasteiger partial charge in [0.15, 0.2) is 0 Å². The summed E-state index contributed by atoms with van der Waals surface area (Å²) in [6, 6.07) is -0.0647. The van der Waals surface area contributed by atoms with Gasteiger partial charge in [0.05, 0.1) is 12.6 Å². The Labute approximate surface area is 103 Å². The zero-order chi connectivity index (χ0) is 12.6. The number of nitrogens with one attached hydrogen (secondary N) is 1. The van der Waals surface area contributed by atoms with Crippen molar-refractivity contribution in [1.82, 2.24) is 5.32 Å². The largest absolute Gasteiger partial charge is 0.444 e. The molecule has 0 aliphatic heterocycles. The Morgan fingerprint density at radius 1 is 1.44 bits per heavy atom. The van der Waals surface area contributed by atoms with Gasteiger partial charge in [-0.15, -0.1) is 11.6 Å². The Hall–Kier alpha value is -0.480. The van der Waals surface area contributed by atoms with Gasteiger partial charge in [-0.2, -0.15) is 0 Å². The molecule has 0 radical (unpaired) electrons. The highest BCUT2D eigenvalue weighted by Crippen LogP contribution is 2.06. The fourth-order valence-corrected chi connectivity index (χ4v) is 1.08. The lowest BCUT2D eigenvalue weighted by Crippen LogP contribution is -2.39. The Bertz CT molecular complexity index is 204. The average molecular weight is 252 g/mol. The molecule has 1 unspecified atom stereocenters. The lowest BCUT2D eigenvalue weighted by molar-refractivity contribution is 0.0454. The molecule has 0 heterocycles. The van der Waals surface area contributed by atoms with Crippen molar-refractivity contribution < 1.29 is 14.3 Å². The van der Waals surface area contributed by atoms with Gasteiger partial charge in [-0.05, 0) is 34.1 Å². The van der Waals surface area contributed by atoms with Gasteiger partial charge < -0.3 is 14.8 Å². The van der Waals surface area contributed by atoms with E-state index in [1.165, 1.54) is 0 Å². The monoisotopic (exact) mass is 251 g/mol. The zero-order valence-corrected chi connectivity index (χ0v) is 11.3. The zero-order valence-electron chi connectivity index (χ0n) is 10.5. The van der Waals surface area contributed by atoms with E-state index in [1.807, 2.05) is 27.7 Å². The van der Waals surface area contributed by atoms with Crippen molar-refractivity contribution >= 4 is 17.7 Å². The molecule has 0 aliphatic rings. The number of amides is 1. The minimum absolute atomic E-state index is 0.0647. The van der Waals surface area contributed by atoms with E-state index in [4.69, 9.17) is 21.1 Å². The summed E-state index contributed by atoms with van der Waals surface area (Å²) in [6.45, 7) is 8.43. The third-order valence-corrected chi connectivity index (χ3v) is 1.82. The maximum absolute atomic E-state index is 11.3. The molecule has 0 saturated heterocycles. The van der Waals surface area contributed by atoms with Crippen molar-refractivity contribution in [3.63, 3.8) is 0 Å². The van der Waals surface area contributed by atoms with Crippen molar-refractivity contribution in [2.45, 2.75) is 45.8 Å². The van der Waals surface area contributed by atoms with Gasteiger partial charge in [-0.25, -0.2) is 4.79 Å². The van der Waals surface area contributed by atoms with Crippen LogP contribution in [0.5, 0.6) is 0 Å². The van der Waals surface area contributed by atoms with E-state index >= 15 is 0 Å². The molecule has 0 aromatic heterocycles. The van der Waals surface area contributed by atoms with E-state index in [-0.39, 0.29) is 6.04 Å². The van der Waals surface area contributed by atoms with E-state index in [9.17, 15) is 4.79 Å². The lowest BCUT2D eigenvalue weighted by atomic mass is 10.2. The standard InChI is InChI=1S/C11H22ClNO3/c1-9(8-15-7-5-6-12)13-10(14)16-11(2,3)4/h9H,5-8H2,1-4H3,(H,13,14). The molecule has 96 valence electrons. The third kappa shape index (κ3) is 10.1. The topological polar surface area (TPSA) is 47.6 Å². The Morgan fingerprint density at radius 2 is 2.06 bits per heavy atom. The number of halogens is 1. The number of alkyl carbamates (subject to hydrolysis) is 1. The molecule has 1 N–H and O–H groups in total. The normalized spacial score (nSPS) is 13.3. The molecule has 0 fully saturated rings. The highest BCUT2D eigenvalue weighted by atomic mass is 35.5. The highest BCUT2D eigenvalue weighted by molar-refractivity contribution is 6.17. The summed E-state index contributed by atoms with van der Waals surface area (Å²) in [7, 11) is 0. The van der Waals surface area contributed by atoms with E-state index in [2.05, 4.69) is 5.32 Å². The molecule has 16 heavy (non-hydrogen) atoms. The molecule has 0 aromatic rings. The quantitative estimate of drug-likeness (QED) is 0.583. The van der Waals surface area contributed by atoms with Gasteiger partial charge in [0.1, 0.15) is 5.60 Å². The summed E-state index contributed by atoms with van der Waals surface area (Å²) < 4.78 is 10.4. The van der Waals surface area contributed by atoms with Crippen LogP contribution >= 0.6 is 11.6 Å². The molecule has 1 amide bonds. The SMILES string of the molecule is CC(COCCCCl)NC(=O)OC(C)(C)C. The highest BCUT2D eigenvalue weighted by Gasteiger charge is 2.17. The number of ether oxygens (including phenoxy) is 2. The Morgan fingerprint density at radius 3 is 2.56 bits per heavy atom. The second-order valence-electron chi connectivity index (χ2n) is 4.66. The number of carbonyl (C=O) groups is 1. The molecule has 1 atom stereocenters. The van der Waals surface area contributed by atoms with Crippen LogP contribution < -0.4 is 5.32 Å². The summed E-state index contributed by atoms with van der Waals surface area (Å²) in [5.41, 5.74) is -0.469. The molecule has 0 aliphatic carbocycles. The van der Waals surface area contributed by atoms with Gasteiger partial charge in [0.25, 0.3) is 0 Å². The van der Waals surface area contributed by atoms with Crippen LogP contribution in [0.3, 0.4) is 0 Å². The van der Waals surface area contributed by atoms with Gasteiger partial charge in [0.2, 0.25) is 0 Å². The average Bonchev–Trinajstić information content (AvgIpc) is 2.09. The van der Waals surface area contributed by atoms with Gasteiger partial charge in [-0.3, -0.25) is 0 Å². The van der Waals surface area contributed by atoms with Crippen LogP contribution in [0.25, 0.3) is 0 Å². The molecule has 0 bridgehead atoms. The van der Waals surface area contributed by atoms with Crippen molar-refractivity contribution in [3.05, 3.63) is 0 Å². The maximum Gasteiger partial charge on any atom is 0.407 e. The van der Waals surface area contributed by atoms with E-state index in [0.29, 0.717) is 19.1 Å². The Kier molecular flexibility index (Phi) is 7.51. The minimum Gasteiger partial charge on any atom is -0.444 e. The third-order valence-electron chi connectivity index (χ3n) is 1.55. The van der Waals surface area contributed by atoms with Crippen LogP contribution in [-0.4, -0.2) is 36.8 Å². The summed E-state index contributed by atoms with van der Waals surface area (Å²) in [5.74, 6) is 0.591. The number of carbonyl (C=O) groups excluding carboxylic acids is 1. The van der Waals surface area contributed by atoms with Crippen molar-refractivity contribution in [2.75, 3.05) is 19.1 Å².